The first-order valence-electron chi connectivity index (χ1n) is 12.9. The lowest BCUT2D eigenvalue weighted by atomic mass is 9.84. The van der Waals surface area contributed by atoms with Crippen molar-refractivity contribution < 1.29 is 32.3 Å². The number of aromatic nitrogens is 1. The molecule has 0 fully saturated rings. The van der Waals surface area contributed by atoms with E-state index in [1.807, 2.05) is 0 Å². The Morgan fingerprint density at radius 2 is 1.55 bits per heavy atom. The van der Waals surface area contributed by atoms with Gasteiger partial charge in [0.15, 0.2) is 5.78 Å². The van der Waals surface area contributed by atoms with E-state index < -0.39 is 59.9 Å². The first-order valence-corrected chi connectivity index (χ1v) is 13.7. The number of Topliss-reactive ketones (excluding diaryl/α,β-unsaturated/α-hetero) is 2. The second kappa shape index (κ2) is 14.4. The minimum absolute atomic E-state index is 0.0329. The van der Waals surface area contributed by atoms with E-state index in [1.54, 1.807) is 36.4 Å². The van der Waals surface area contributed by atoms with Gasteiger partial charge in [0.05, 0.1) is 10.0 Å². The predicted molar refractivity (Wildman–Crippen MR) is 152 cm³/mol. The Morgan fingerprint density at radius 3 is 2.12 bits per heavy atom. The van der Waals surface area contributed by atoms with Gasteiger partial charge >= 0.3 is 6.18 Å². The fourth-order valence-electron chi connectivity index (χ4n) is 4.25. The number of hydrogen-bond acceptors (Lipinski definition) is 5. The molecule has 12 heteroatoms. The molecule has 3 aromatic rings. The van der Waals surface area contributed by atoms with Gasteiger partial charge in [-0.1, -0.05) is 79.5 Å². The number of amides is 2. The molecule has 0 saturated heterocycles. The molecule has 222 valence electrons. The van der Waals surface area contributed by atoms with Crippen LogP contribution in [0.2, 0.25) is 10.0 Å². The number of carbonyl (C=O) groups is 4. The average Bonchev–Trinajstić information content (AvgIpc) is 2.95. The van der Waals surface area contributed by atoms with E-state index in [9.17, 15) is 32.3 Å². The molecule has 0 radical (unpaired) electrons. The second-order valence-corrected chi connectivity index (χ2v) is 10.7. The maximum absolute atomic E-state index is 13.7. The summed E-state index contributed by atoms with van der Waals surface area (Å²) in [6.45, 7) is 2.83. The van der Waals surface area contributed by atoms with Crippen LogP contribution >= 0.6 is 23.2 Å². The summed E-state index contributed by atoms with van der Waals surface area (Å²) in [5, 5.41) is 5.69. The van der Waals surface area contributed by atoms with E-state index in [2.05, 4.69) is 15.6 Å². The summed E-state index contributed by atoms with van der Waals surface area (Å²) in [5.74, 6) is -6.71. The molecule has 7 nitrogen and oxygen atoms in total. The highest BCUT2D eigenvalue weighted by molar-refractivity contribution is 6.42. The number of rotatable bonds is 12. The van der Waals surface area contributed by atoms with Crippen LogP contribution in [-0.2, 0) is 20.8 Å². The van der Waals surface area contributed by atoms with Crippen LogP contribution in [0, 0.1) is 11.8 Å². The minimum Gasteiger partial charge on any atom is -0.340 e. The summed E-state index contributed by atoms with van der Waals surface area (Å²) >= 11 is 12.1. The lowest BCUT2D eigenvalue weighted by Gasteiger charge is -2.26. The molecule has 0 aliphatic rings. The van der Waals surface area contributed by atoms with E-state index in [-0.39, 0.29) is 22.2 Å². The van der Waals surface area contributed by atoms with Crippen LogP contribution in [0.15, 0.2) is 72.9 Å². The lowest BCUT2D eigenvalue weighted by Crippen LogP contribution is -2.50. The SMILES string of the molecule is CC(C)[C@H](CC(=O)[C@@H](NC(=O)[C@H](Cc1ccc(Cl)c(Cl)c1)NC(=O)c1ccccn1)c1ccccc1)C(=O)C(F)(F)F. The largest absolute Gasteiger partial charge is 0.450 e. The molecule has 1 aromatic heterocycles. The Balaban J connectivity index is 1.93. The summed E-state index contributed by atoms with van der Waals surface area (Å²) in [4.78, 5) is 56.2. The van der Waals surface area contributed by atoms with Gasteiger partial charge in [-0.2, -0.15) is 13.2 Å². The van der Waals surface area contributed by atoms with Gasteiger partial charge in [0.25, 0.3) is 5.91 Å². The lowest BCUT2D eigenvalue weighted by molar-refractivity contribution is -0.177. The summed E-state index contributed by atoms with van der Waals surface area (Å²) in [6, 6.07) is 14.6. The van der Waals surface area contributed by atoms with E-state index >= 15 is 0 Å². The average molecular weight is 622 g/mol. The highest BCUT2D eigenvalue weighted by Gasteiger charge is 2.45. The van der Waals surface area contributed by atoms with Crippen molar-refractivity contribution in [1.82, 2.24) is 15.6 Å². The maximum Gasteiger partial charge on any atom is 0.450 e. The third-order valence-electron chi connectivity index (χ3n) is 6.53. The van der Waals surface area contributed by atoms with Crippen LogP contribution in [0.25, 0.3) is 0 Å². The molecule has 2 aromatic carbocycles. The van der Waals surface area contributed by atoms with E-state index in [4.69, 9.17) is 23.2 Å². The standard InChI is InChI=1S/C30H28Cl2F3N3O4/c1-17(2)20(27(40)30(33,34)35)16-25(39)26(19-8-4-3-5-9-19)38-29(42)24(15-18-11-12-21(31)22(32)14-18)37-28(41)23-10-6-7-13-36-23/h3-14,17,20,24,26H,15-16H2,1-2H3,(H,37,41)(H,38,42)/t20-,24-,26-/m0/s1. The zero-order valence-corrected chi connectivity index (χ0v) is 24.1. The summed E-state index contributed by atoms with van der Waals surface area (Å²) in [7, 11) is 0. The third-order valence-corrected chi connectivity index (χ3v) is 7.27. The quantitative estimate of drug-likeness (QED) is 0.260. The van der Waals surface area contributed by atoms with E-state index in [0.717, 1.165) is 0 Å². The van der Waals surface area contributed by atoms with Crippen molar-refractivity contribution in [3.63, 3.8) is 0 Å². The molecule has 0 spiro atoms. The molecule has 3 rings (SSSR count). The zero-order chi connectivity index (χ0) is 31.0. The summed E-state index contributed by atoms with van der Waals surface area (Å²) < 4.78 is 39.8. The summed E-state index contributed by atoms with van der Waals surface area (Å²) in [5.41, 5.74) is 0.858. The smallest absolute Gasteiger partial charge is 0.340 e. The monoisotopic (exact) mass is 621 g/mol. The Bertz CT molecular complexity index is 1420. The number of pyridine rings is 1. The molecule has 0 unspecified atom stereocenters. The van der Waals surface area contributed by atoms with Crippen LogP contribution in [0.1, 0.15) is 47.9 Å². The number of nitrogens with zero attached hydrogens (tertiary/aromatic N) is 1. The molecular formula is C30H28Cl2F3N3O4. The van der Waals surface area contributed by atoms with Crippen LogP contribution < -0.4 is 10.6 Å². The third kappa shape index (κ3) is 8.87. The van der Waals surface area contributed by atoms with E-state index in [0.29, 0.717) is 11.1 Å². The van der Waals surface area contributed by atoms with Crippen LogP contribution in [0.4, 0.5) is 13.2 Å². The molecule has 1 heterocycles. The van der Waals surface area contributed by atoms with Crippen molar-refractivity contribution in [2.24, 2.45) is 11.8 Å². The molecule has 2 N–H and O–H groups in total. The van der Waals surface area contributed by atoms with Crippen molar-refractivity contribution >= 4 is 46.6 Å². The number of benzene rings is 2. The molecule has 0 bridgehead atoms. The van der Waals surface area contributed by atoms with E-state index in [1.165, 1.54) is 50.4 Å². The molecule has 0 aliphatic heterocycles. The van der Waals surface area contributed by atoms with Crippen molar-refractivity contribution in [3.8, 4) is 0 Å². The van der Waals surface area contributed by atoms with Gasteiger partial charge < -0.3 is 10.6 Å². The fraction of sp³-hybridized carbons (Fsp3) is 0.300. The maximum atomic E-state index is 13.7. The van der Waals surface area contributed by atoms with Gasteiger partial charge in [0.2, 0.25) is 11.7 Å². The van der Waals surface area contributed by atoms with Crippen molar-refractivity contribution in [2.45, 2.75) is 44.9 Å². The molecular weight excluding hydrogens is 594 g/mol. The number of hydrogen-bond donors (Lipinski definition) is 2. The van der Waals surface area contributed by atoms with Crippen LogP contribution in [0.3, 0.4) is 0 Å². The van der Waals surface area contributed by atoms with Gasteiger partial charge in [0, 0.05) is 25.0 Å². The highest BCUT2D eigenvalue weighted by atomic mass is 35.5. The predicted octanol–water partition coefficient (Wildman–Crippen LogP) is 5.95. The van der Waals surface area contributed by atoms with Crippen molar-refractivity contribution in [2.75, 3.05) is 0 Å². The van der Waals surface area contributed by atoms with Crippen molar-refractivity contribution in [3.05, 3.63) is 99.8 Å². The van der Waals surface area contributed by atoms with Gasteiger partial charge in [-0.25, -0.2) is 0 Å². The van der Waals surface area contributed by atoms with Gasteiger partial charge in [-0.15, -0.1) is 0 Å². The number of alkyl halides is 3. The first-order chi connectivity index (χ1) is 19.8. The van der Waals surface area contributed by atoms with Gasteiger partial charge in [-0.05, 0) is 41.3 Å². The summed E-state index contributed by atoms with van der Waals surface area (Å²) in [6.07, 6.45) is -4.55. The van der Waals surface area contributed by atoms with Gasteiger partial charge in [0.1, 0.15) is 17.8 Å². The molecule has 0 saturated carbocycles. The Kier molecular flexibility index (Phi) is 11.2. The Morgan fingerprint density at radius 1 is 0.881 bits per heavy atom. The fourth-order valence-corrected chi connectivity index (χ4v) is 4.58. The molecule has 42 heavy (non-hydrogen) atoms. The second-order valence-electron chi connectivity index (χ2n) is 9.93. The van der Waals surface area contributed by atoms with Crippen LogP contribution in [-0.4, -0.2) is 40.6 Å². The molecule has 3 atom stereocenters. The van der Waals surface area contributed by atoms with Crippen molar-refractivity contribution in [1.29, 1.82) is 0 Å². The molecule has 0 aliphatic carbocycles. The first kappa shape index (κ1) is 32.8. The normalized spacial score (nSPS) is 13.6. The number of ketones is 2. The number of halogens is 5. The van der Waals surface area contributed by atoms with Crippen LogP contribution in [0.5, 0.6) is 0 Å². The van der Waals surface area contributed by atoms with Gasteiger partial charge in [-0.3, -0.25) is 24.2 Å². The highest BCUT2D eigenvalue weighted by Crippen LogP contribution is 2.30. The zero-order valence-electron chi connectivity index (χ0n) is 22.6. The number of carbonyl (C=O) groups excluding carboxylic acids is 4. The number of nitrogens with one attached hydrogen (secondary N) is 2. The molecule has 2 amide bonds. The Labute approximate surface area is 250 Å². The topological polar surface area (TPSA) is 105 Å². The minimum atomic E-state index is -5.12. The Hall–Kier alpha value is -3.76.